The molecule has 1 aliphatic heterocycles. The van der Waals surface area contributed by atoms with Crippen LogP contribution in [0.5, 0.6) is 0 Å². The van der Waals surface area contributed by atoms with E-state index in [4.69, 9.17) is 5.73 Å². The molecule has 1 aromatic heterocycles. The highest BCUT2D eigenvalue weighted by Crippen LogP contribution is 2.13. The summed E-state index contributed by atoms with van der Waals surface area (Å²) in [5.74, 6) is -0.00488. The van der Waals surface area contributed by atoms with Crippen LogP contribution in [0.15, 0.2) is 5.38 Å². The van der Waals surface area contributed by atoms with Gasteiger partial charge in [0.25, 0.3) is 5.91 Å². The van der Waals surface area contributed by atoms with Crippen molar-refractivity contribution in [3.05, 3.63) is 16.1 Å². The molecule has 2 amide bonds. The summed E-state index contributed by atoms with van der Waals surface area (Å²) in [5, 5.41) is 2.52. The lowest BCUT2D eigenvalue weighted by Crippen LogP contribution is -2.36. The van der Waals surface area contributed by atoms with Crippen molar-refractivity contribution in [2.24, 2.45) is 5.73 Å². The molecule has 0 bridgehead atoms. The number of amides is 2. The van der Waals surface area contributed by atoms with Crippen LogP contribution < -0.4 is 5.73 Å². The summed E-state index contributed by atoms with van der Waals surface area (Å²) in [6.45, 7) is 4.45. The molecule has 1 saturated heterocycles. The van der Waals surface area contributed by atoms with Crippen LogP contribution in [-0.4, -0.2) is 52.8 Å². The summed E-state index contributed by atoms with van der Waals surface area (Å²) in [5.41, 5.74) is 5.96. The number of carbonyl (C=O) groups excluding carboxylic acids is 2. The van der Waals surface area contributed by atoms with E-state index in [2.05, 4.69) is 4.98 Å². The van der Waals surface area contributed by atoms with Gasteiger partial charge in [-0.25, -0.2) is 4.98 Å². The first-order valence-electron chi connectivity index (χ1n) is 6.31. The van der Waals surface area contributed by atoms with Gasteiger partial charge in [-0.05, 0) is 6.42 Å². The van der Waals surface area contributed by atoms with Gasteiger partial charge in [0.2, 0.25) is 5.91 Å². The van der Waals surface area contributed by atoms with Gasteiger partial charge >= 0.3 is 0 Å². The maximum Gasteiger partial charge on any atom is 0.273 e. The molecule has 0 aromatic carbocycles. The van der Waals surface area contributed by atoms with E-state index in [1.807, 2.05) is 0 Å². The van der Waals surface area contributed by atoms with E-state index in [1.165, 1.54) is 11.3 Å². The van der Waals surface area contributed by atoms with Crippen LogP contribution in [0.3, 0.4) is 0 Å². The van der Waals surface area contributed by atoms with E-state index < -0.39 is 0 Å². The van der Waals surface area contributed by atoms with Crippen LogP contribution in [0.2, 0.25) is 0 Å². The molecule has 1 aliphatic rings. The van der Waals surface area contributed by atoms with E-state index in [0.717, 1.165) is 11.4 Å². The molecule has 0 atom stereocenters. The first-order chi connectivity index (χ1) is 9.11. The highest BCUT2D eigenvalue weighted by molar-refractivity contribution is 7.09. The molecule has 2 heterocycles. The van der Waals surface area contributed by atoms with Crippen molar-refractivity contribution in [2.45, 2.75) is 19.9 Å². The minimum atomic E-state index is -0.0682. The molecule has 0 radical (unpaired) electrons. The van der Waals surface area contributed by atoms with Crippen molar-refractivity contribution in [1.82, 2.24) is 14.8 Å². The number of nitrogens with zero attached hydrogens (tertiary/aromatic N) is 3. The van der Waals surface area contributed by atoms with Gasteiger partial charge in [0, 0.05) is 45.0 Å². The number of nitrogens with two attached hydrogens (primary N) is 1. The van der Waals surface area contributed by atoms with Gasteiger partial charge in [0.05, 0.1) is 0 Å². The van der Waals surface area contributed by atoms with E-state index in [1.54, 1.807) is 22.1 Å². The van der Waals surface area contributed by atoms with Gasteiger partial charge < -0.3 is 15.5 Å². The lowest BCUT2D eigenvalue weighted by molar-refractivity contribution is -0.128. The van der Waals surface area contributed by atoms with Crippen molar-refractivity contribution in [3.8, 4) is 0 Å². The minimum absolute atomic E-state index is 0.0633. The quantitative estimate of drug-likeness (QED) is 0.846. The second kappa shape index (κ2) is 6.12. The number of aromatic nitrogens is 1. The largest absolute Gasteiger partial charge is 0.341 e. The van der Waals surface area contributed by atoms with Gasteiger partial charge in [-0.2, -0.15) is 0 Å². The zero-order valence-corrected chi connectivity index (χ0v) is 11.8. The molecule has 7 heteroatoms. The molecular weight excluding hydrogens is 264 g/mol. The summed E-state index contributed by atoms with van der Waals surface area (Å²) in [7, 11) is 0. The molecule has 19 heavy (non-hydrogen) atoms. The van der Waals surface area contributed by atoms with Crippen LogP contribution in [0.1, 0.15) is 28.8 Å². The Balaban J connectivity index is 2.01. The average Bonchev–Trinajstić information content (AvgIpc) is 2.74. The number of carbonyl (C=O) groups is 2. The maximum absolute atomic E-state index is 12.3. The predicted molar refractivity (Wildman–Crippen MR) is 72.8 cm³/mol. The number of hydrogen-bond donors (Lipinski definition) is 1. The Hall–Kier alpha value is -1.47. The molecule has 0 saturated carbocycles. The third-order valence-electron chi connectivity index (χ3n) is 3.17. The normalized spacial score (nSPS) is 16.3. The fourth-order valence-corrected chi connectivity index (χ4v) is 2.75. The van der Waals surface area contributed by atoms with Crippen LogP contribution in [0, 0.1) is 0 Å². The summed E-state index contributed by atoms with van der Waals surface area (Å²) in [6.07, 6.45) is 0.805. The fourth-order valence-electron chi connectivity index (χ4n) is 2.10. The highest BCUT2D eigenvalue weighted by Gasteiger charge is 2.22. The third kappa shape index (κ3) is 3.30. The summed E-state index contributed by atoms with van der Waals surface area (Å²) < 4.78 is 0. The van der Waals surface area contributed by atoms with Gasteiger partial charge in [0.15, 0.2) is 0 Å². The Morgan fingerprint density at radius 3 is 2.63 bits per heavy atom. The molecule has 1 fully saturated rings. The van der Waals surface area contributed by atoms with E-state index >= 15 is 0 Å². The Morgan fingerprint density at radius 2 is 2.00 bits per heavy atom. The first-order valence-corrected chi connectivity index (χ1v) is 7.19. The topological polar surface area (TPSA) is 79.5 Å². The Bertz CT molecular complexity index is 474. The van der Waals surface area contributed by atoms with Crippen LogP contribution in [-0.2, 0) is 11.3 Å². The molecule has 2 rings (SSSR count). The maximum atomic E-state index is 12.3. The summed E-state index contributed by atoms with van der Waals surface area (Å²) in [6, 6.07) is 0. The predicted octanol–water partition coefficient (Wildman–Crippen LogP) is 0.296. The Kier molecular flexibility index (Phi) is 4.49. The average molecular weight is 282 g/mol. The van der Waals surface area contributed by atoms with Crippen molar-refractivity contribution >= 4 is 23.2 Å². The van der Waals surface area contributed by atoms with Gasteiger partial charge in [-0.15, -0.1) is 11.3 Å². The van der Waals surface area contributed by atoms with Crippen molar-refractivity contribution in [1.29, 1.82) is 0 Å². The van der Waals surface area contributed by atoms with Crippen molar-refractivity contribution in [2.75, 3.05) is 26.2 Å². The molecule has 0 spiro atoms. The Morgan fingerprint density at radius 1 is 1.32 bits per heavy atom. The molecule has 1 aromatic rings. The van der Waals surface area contributed by atoms with Gasteiger partial charge in [-0.1, -0.05) is 0 Å². The Labute approximate surface area is 116 Å². The van der Waals surface area contributed by atoms with Crippen LogP contribution in [0.25, 0.3) is 0 Å². The van der Waals surface area contributed by atoms with Crippen molar-refractivity contribution < 1.29 is 9.59 Å². The monoisotopic (exact) mass is 282 g/mol. The van der Waals surface area contributed by atoms with Gasteiger partial charge in [0.1, 0.15) is 10.7 Å². The molecule has 0 aliphatic carbocycles. The van der Waals surface area contributed by atoms with E-state index in [9.17, 15) is 9.59 Å². The van der Waals surface area contributed by atoms with Gasteiger partial charge in [-0.3, -0.25) is 9.59 Å². The molecular formula is C12H18N4O2S. The SMILES string of the molecule is CC(=O)N1CCCN(C(=O)c2csc(CN)n2)CC1. The third-order valence-corrected chi connectivity index (χ3v) is 4.05. The first kappa shape index (κ1) is 14.0. The number of hydrogen-bond acceptors (Lipinski definition) is 5. The second-order valence-corrected chi connectivity index (χ2v) is 5.43. The highest BCUT2D eigenvalue weighted by atomic mass is 32.1. The summed E-state index contributed by atoms with van der Waals surface area (Å²) in [4.78, 5) is 31.4. The lowest BCUT2D eigenvalue weighted by Gasteiger charge is -2.20. The molecule has 6 nitrogen and oxygen atoms in total. The van der Waals surface area contributed by atoms with E-state index in [-0.39, 0.29) is 11.8 Å². The number of thiazole rings is 1. The minimum Gasteiger partial charge on any atom is -0.341 e. The van der Waals surface area contributed by atoms with Crippen LogP contribution >= 0.6 is 11.3 Å². The molecule has 104 valence electrons. The van der Waals surface area contributed by atoms with E-state index in [0.29, 0.717) is 38.4 Å². The second-order valence-electron chi connectivity index (χ2n) is 4.48. The lowest BCUT2D eigenvalue weighted by atomic mass is 10.3. The standard InChI is InChI=1S/C12H18N4O2S/c1-9(17)15-3-2-4-16(6-5-15)12(18)10-8-19-11(7-13)14-10/h8H,2-7,13H2,1H3. The van der Waals surface area contributed by atoms with Crippen LogP contribution in [0.4, 0.5) is 0 Å². The summed E-state index contributed by atoms with van der Waals surface area (Å²) >= 11 is 1.40. The fraction of sp³-hybridized carbons (Fsp3) is 0.583. The molecule has 0 unspecified atom stereocenters. The van der Waals surface area contributed by atoms with Crippen molar-refractivity contribution in [3.63, 3.8) is 0 Å². The number of rotatable bonds is 2. The zero-order chi connectivity index (χ0) is 13.8. The smallest absolute Gasteiger partial charge is 0.273 e. The molecule has 2 N–H and O–H groups in total. The zero-order valence-electron chi connectivity index (χ0n) is 11.0.